The van der Waals surface area contributed by atoms with Crippen molar-refractivity contribution in [3.05, 3.63) is 36.9 Å². The Morgan fingerprint density at radius 2 is 2.11 bits per heavy atom. The maximum Gasteiger partial charge on any atom is 0.0931 e. The number of aromatic nitrogens is 1. The summed E-state index contributed by atoms with van der Waals surface area (Å²) in [6, 6.07) is 4.42. The van der Waals surface area contributed by atoms with Gasteiger partial charge >= 0.3 is 0 Å². The molecule has 0 spiro atoms. The van der Waals surface area contributed by atoms with Gasteiger partial charge in [0.05, 0.1) is 15.0 Å². The Balaban J connectivity index is 2.20. The first-order valence-corrected chi connectivity index (χ1v) is 8.02. The van der Waals surface area contributed by atoms with E-state index in [1.807, 2.05) is 6.07 Å². The second-order valence-electron chi connectivity index (χ2n) is 4.20. The van der Waals surface area contributed by atoms with E-state index in [1.165, 1.54) is 9.75 Å². The minimum atomic E-state index is 0.343. The molecule has 2 aromatic heterocycles. The molecular formula is C13H17ClN2S2. The maximum atomic E-state index is 5.99. The summed E-state index contributed by atoms with van der Waals surface area (Å²) in [5.41, 5.74) is 1.14. The Morgan fingerprint density at radius 1 is 1.33 bits per heavy atom. The van der Waals surface area contributed by atoms with Crippen LogP contribution >= 0.6 is 34.3 Å². The zero-order valence-electron chi connectivity index (χ0n) is 10.8. The Morgan fingerprint density at radius 3 is 2.61 bits per heavy atom. The SMILES string of the molecule is CCNC(Cc1ccc(Cl)s1)c1sc(C)nc1C. The van der Waals surface area contributed by atoms with Crippen LogP contribution in [0.4, 0.5) is 0 Å². The van der Waals surface area contributed by atoms with Crippen molar-refractivity contribution in [1.29, 1.82) is 0 Å². The van der Waals surface area contributed by atoms with Crippen LogP contribution in [0.1, 0.15) is 33.4 Å². The minimum absolute atomic E-state index is 0.343. The average molecular weight is 301 g/mol. The van der Waals surface area contributed by atoms with Gasteiger partial charge in [-0.3, -0.25) is 0 Å². The third-order valence-electron chi connectivity index (χ3n) is 2.74. The molecule has 0 amide bonds. The van der Waals surface area contributed by atoms with E-state index in [4.69, 9.17) is 11.6 Å². The third-order valence-corrected chi connectivity index (χ3v) is 5.18. The lowest BCUT2D eigenvalue weighted by Gasteiger charge is -2.16. The quantitative estimate of drug-likeness (QED) is 0.887. The smallest absolute Gasteiger partial charge is 0.0931 e. The number of likely N-dealkylation sites (N-methyl/N-ethyl adjacent to an activating group) is 1. The van der Waals surface area contributed by atoms with E-state index in [0.717, 1.165) is 28.0 Å². The molecule has 0 aromatic carbocycles. The van der Waals surface area contributed by atoms with Crippen LogP contribution in [0.25, 0.3) is 0 Å². The molecular weight excluding hydrogens is 284 g/mol. The second-order valence-corrected chi connectivity index (χ2v) is 7.24. The Labute approximate surface area is 121 Å². The van der Waals surface area contributed by atoms with Crippen molar-refractivity contribution in [1.82, 2.24) is 10.3 Å². The van der Waals surface area contributed by atoms with Crippen molar-refractivity contribution < 1.29 is 0 Å². The molecule has 0 bridgehead atoms. The maximum absolute atomic E-state index is 5.99. The molecule has 1 unspecified atom stereocenters. The molecule has 0 aliphatic carbocycles. The number of rotatable bonds is 5. The highest BCUT2D eigenvalue weighted by Gasteiger charge is 2.17. The third kappa shape index (κ3) is 3.32. The van der Waals surface area contributed by atoms with Crippen molar-refractivity contribution >= 4 is 34.3 Å². The number of hydrogen-bond donors (Lipinski definition) is 1. The topological polar surface area (TPSA) is 24.9 Å². The van der Waals surface area contributed by atoms with Gasteiger partial charge in [-0.15, -0.1) is 22.7 Å². The van der Waals surface area contributed by atoms with Crippen LogP contribution in [0.15, 0.2) is 12.1 Å². The van der Waals surface area contributed by atoms with Gasteiger partial charge < -0.3 is 5.32 Å². The number of nitrogens with zero attached hydrogens (tertiary/aromatic N) is 1. The largest absolute Gasteiger partial charge is 0.309 e. The van der Waals surface area contributed by atoms with E-state index in [-0.39, 0.29) is 0 Å². The van der Waals surface area contributed by atoms with Crippen LogP contribution in [0.2, 0.25) is 4.34 Å². The Hall–Kier alpha value is -0.420. The van der Waals surface area contributed by atoms with E-state index in [9.17, 15) is 0 Å². The van der Waals surface area contributed by atoms with Gasteiger partial charge in [0.15, 0.2) is 0 Å². The fraction of sp³-hybridized carbons (Fsp3) is 0.462. The van der Waals surface area contributed by atoms with E-state index in [1.54, 1.807) is 22.7 Å². The van der Waals surface area contributed by atoms with Crippen LogP contribution < -0.4 is 5.32 Å². The minimum Gasteiger partial charge on any atom is -0.309 e. The molecule has 2 aromatic rings. The summed E-state index contributed by atoms with van der Waals surface area (Å²) in [6.45, 7) is 7.24. The van der Waals surface area contributed by atoms with Crippen molar-refractivity contribution in [2.75, 3.05) is 6.54 Å². The average Bonchev–Trinajstić information content (AvgIpc) is 2.84. The molecule has 2 nitrogen and oxygen atoms in total. The molecule has 1 atom stereocenters. The number of thiazole rings is 1. The van der Waals surface area contributed by atoms with Gasteiger partial charge in [-0.25, -0.2) is 4.98 Å². The number of halogens is 1. The van der Waals surface area contributed by atoms with Gasteiger partial charge in [0, 0.05) is 22.2 Å². The molecule has 0 fully saturated rings. The van der Waals surface area contributed by atoms with Gasteiger partial charge in [-0.2, -0.15) is 0 Å². The summed E-state index contributed by atoms with van der Waals surface area (Å²) in [6.07, 6.45) is 0.980. The van der Waals surface area contributed by atoms with Crippen LogP contribution in [0.3, 0.4) is 0 Å². The van der Waals surface area contributed by atoms with Crippen LogP contribution in [0.5, 0.6) is 0 Å². The molecule has 1 N–H and O–H groups in total. The normalized spacial score (nSPS) is 12.9. The van der Waals surface area contributed by atoms with Crippen LogP contribution in [0, 0.1) is 13.8 Å². The lowest BCUT2D eigenvalue weighted by atomic mass is 10.1. The molecule has 0 aliphatic rings. The van der Waals surface area contributed by atoms with Gasteiger partial charge in [-0.05, 0) is 32.5 Å². The first kappa shape index (κ1) is 14.0. The van der Waals surface area contributed by atoms with Gasteiger partial charge in [0.2, 0.25) is 0 Å². The predicted molar refractivity (Wildman–Crippen MR) is 81.0 cm³/mol. The highest BCUT2D eigenvalue weighted by atomic mass is 35.5. The second kappa shape index (κ2) is 6.15. The van der Waals surface area contributed by atoms with E-state index in [2.05, 4.69) is 37.1 Å². The standard InChI is InChI=1S/C13H17ClN2S2/c1-4-15-11(7-10-5-6-12(14)18-10)13-8(2)16-9(3)17-13/h5-6,11,15H,4,7H2,1-3H3. The number of nitrogens with one attached hydrogen (secondary N) is 1. The number of thiophene rings is 1. The van der Waals surface area contributed by atoms with Crippen molar-refractivity contribution in [3.63, 3.8) is 0 Å². The Kier molecular flexibility index (Phi) is 4.78. The first-order valence-electron chi connectivity index (χ1n) is 6.01. The summed E-state index contributed by atoms with van der Waals surface area (Å²) in [4.78, 5) is 7.18. The summed E-state index contributed by atoms with van der Waals surface area (Å²) in [5, 5.41) is 4.68. The lowest BCUT2D eigenvalue weighted by molar-refractivity contribution is 0.558. The molecule has 5 heteroatoms. The van der Waals surface area contributed by atoms with Gasteiger partial charge in [0.25, 0.3) is 0 Å². The molecule has 98 valence electrons. The summed E-state index contributed by atoms with van der Waals surface area (Å²) < 4.78 is 0.859. The zero-order chi connectivity index (χ0) is 13.1. The van der Waals surface area contributed by atoms with E-state index >= 15 is 0 Å². The fourth-order valence-electron chi connectivity index (χ4n) is 2.04. The molecule has 0 saturated carbocycles. The summed E-state index contributed by atoms with van der Waals surface area (Å²) in [5.74, 6) is 0. The lowest BCUT2D eigenvalue weighted by Crippen LogP contribution is -2.22. The highest BCUT2D eigenvalue weighted by Crippen LogP contribution is 2.30. The van der Waals surface area contributed by atoms with E-state index < -0.39 is 0 Å². The van der Waals surface area contributed by atoms with Crippen LogP contribution in [-0.4, -0.2) is 11.5 Å². The van der Waals surface area contributed by atoms with Crippen LogP contribution in [-0.2, 0) is 6.42 Å². The summed E-state index contributed by atoms with van der Waals surface area (Å²) >= 11 is 9.44. The first-order chi connectivity index (χ1) is 8.60. The summed E-state index contributed by atoms with van der Waals surface area (Å²) in [7, 11) is 0. The highest BCUT2D eigenvalue weighted by molar-refractivity contribution is 7.16. The molecule has 18 heavy (non-hydrogen) atoms. The number of aryl methyl sites for hydroxylation is 2. The van der Waals surface area contributed by atoms with Crippen molar-refractivity contribution in [2.45, 2.75) is 33.2 Å². The Bertz CT molecular complexity index is 519. The van der Waals surface area contributed by atoms with Gasteiger partial charge in [-0.1, -0.05) is 18.5 Å². The molecule has 2 heterocycles. The van der Waals surface area contributed by atoms with Gasteiger partial charge in [0.1, 0.15) is 0 Å². The molecule has 2 rings (SSSR count). The van der Waals surface area contributed by atoms with E-state index in [0.29, 0.717) is 6.04 Å². The fourth-order valence-corrected chi connectivity index (χ4v) is 4.17. The number of hydrogen-bond acceptors (Lipinski definition) is 4. The van der Waals surface area contributed by atoms with Crippen molar-refractivity contribution in [2.24, 2.45) is 0 Å². The van der Waals surface area contributed by atoms with Crippen molar-refractivity contribution in [3.8, 4) is 0 Å². The predicted octanol–water partition coefficient (Wildman–Crippen LogP) is 4.37. The monoisotopic (exact) mass is 300 g/mol. The molecule has 0 radical (unpaired) electrons. The zero-order valence-corrected chi connectivity index (χ0v) is 13.2. The molecule has 0 saturated heterocycles. The molecule has 0 aliphatic heterocycles.